The fourth-order valence-electron chi connectivity index (χ4n) is 5.70. The molecule has 7 nitrogen and oxygen atoms in total. The number of nitrogens with zero attached hydrogens (tertiary/aromatic N) is 2. The zero-order chi connectivity index (χ0) is 33.8. The molecule has 47 heavy (non-hydrogen) atoms. The Morgan fingerprint density at radius 3 is 1.81 bits per heavy atom. The Morgan fingerprint density at radius 2 is 1.32 bits per heavy atom. The summed E-state index contributed by atoms with van der Waals surface area (Å²) >= 11 is 0. The second-order valence-electron chi connectivity index (χ2n) is 13.8. The minimum atomic E-state index is -0.493. The van der Waals surface area contributed by atoms with E-state index in [0.717, 1.165) is 24.1 Å². The van der Waals surface area contributed by atoms with E-state index in [9.17, 15) is 14.4 Å². The summed E-state index contributed by atoms with van der Waals surface area (Å²) in [6.07, 6.45) is 22.4. The highest BCUT2D eigenvalue weighted by molar-refractivity contribution is 6.04. The van der Waals surface area contributed by atoms with Gasteiger partial charge in [-0.1, -0.05) is 130 Å². The van der Waals surface area contributed by atoms with E-state index in [4.69, 9.17) is 4.74 Å². The predicted molar refractivity (Wildman–Crippen MR) is 187 cm³/mol. The molecule has 0 atom stereocenters. The first-order chi connectivity index (χ1) is 22.0. The molecule has 0 spiro atoms. The second-order valence-corrected chi connectivity index (χ2v) is 13.8. The molecule has 2 aromatic rings. The summed E-state index contributed by atoms with van der Waals surface area (Å²) in [6.45, 7) is 10.4. The standard InChI is InChI=1S/C39H61N3O4.HI/c1-7-8-9-10-11-12-13-14-15-16-17-18-19-20-21-23-28-40-38(45)46-36-27-26-33(30-35(36)39(3,4)5)37(44)42(32(2)43)31-34-25-22-24-29-41(34)6;/h22,24-27,29-30H,7-21,23,28,31H2,1-6H3;1H. The largest absolute Gasteiger partial charge is 1.00 e. The van der Waals surface area contributed by atoms with Gasteiger partial charge in [0.15, 0.2) is 6.20 Å². The van der Waals surface area contributed by atoms with Crippen molar-refractivity contribution >= 4 is 17.9 Å². The van der Waals surface area contributed by atoms with E-state index in [1.54, 1.807) is 18.2 Å². The quantitative estimate of drug-likeness (QED) is 0.0914. The molecule has 0 saturated carbocycles. The summed E-state index contributed by atoms with van der Waals surface area (Å²) in [4.78, 5) is 39.8. The van der Waals surface area contributed by atoms with Gasteiger partial charge in [0.1, 0.15) is 19.3 Å². The van der Waals surface area contributed by atoms with Crippen LogP contribution in [0.4, 0.5) is 4.79 Å². The van der Waals surface area contributed by atoms with Gasteiger partial charge >= 0.3 is 6.09 Å². The van der Waals surface area contributed by atoms with E-state index >= 15 is 0 Å². The van der Waals surface area contributed by atoms with Gasteiger partial charge in [0, 0.05) is 36.7 Å². The van der Waals surface area contributed by atoms with E-state index in [1.807, 2.05) is 56.8 Å². The highest BCUT2D eigenvalue weighted by Crippen LogP contribution is 2.33. The highest BCUT2D eigenvalue weighted by atomic mass is 127. The van der Waals surface area contributed by atoms with E-state index in [-0.39, 0.29) is 42.3 Å². The van der Waals surface area contributed by atoms with Gasteiger partial charge in [0.05, 0.1) is 0 Å². The molecule has 1 heterocycles. The van der Waals surface area contributed by atoms with E-state index < -0.39 is 11.5 Å². The first kappa shape index (κ1) is 42.5. The van der Waals surface area contributed by atoms with Crippen molar-refractivity contribution in [3.05, 3.63) is 59.4 Å². The number of pyridine rings is 1. The zero-order valence-electron chi connectivity index (χ0n) is 30.2. The van der Waals surface area contributed by atoms with Crippen molar-refractivity contribution in [1.82, 2.24) is 10.2 Å². The molecular weight excluding hydrogens is 701 g/mol. The fraction of sp³-hybridized carbons (Fsp3) is 0.641. The maximum Gasteiger partial charge on any atom is 0.412 e. The molecule has 0 aliphatic heterocycles. The number of halogens is 1. The van der Waals surface area contributed by atoms with Crippen molar-refractivity contribution < 1.29 is 47.7 Å². The summed E-state index contributed by atoms with van der Waals surface area (Å²) < 4.78 is 7.60. The molecule has 0 unspecified atom stereocenters. The van der Waals surface area contributed by atoms with Crippen LogP contribution in [0.2, 0.25) is 0 Å². The summed E-state index contributed by atoms with van der Waals surface area (Å²) in [5, 5.41) is 2.88. The summed E-state index contributed by atoms with van der Waals surface area (Å²) in [6, 6.07) is 10.7. The maximum atomic E-state index is 13.5. The number of aryl methyl sites for hydroxylation is 1. The lowest BCUT2D eigenvalue weighted by atomic mass is 9.85. The third-order valence-electron chi connectivity index (χ3n) is 8.64. The van der Waals surface area contributed by atoms with Crippen LogP contribution in [0.25, 0.3) is 0 Å². The minimum absolute atomic E-state index is 0. The van der Waals surface area contributed by atoms with Crippen LogP contribution >= 0.6 is 0 Å². The average Bonchev–Trinajstić information content (AvgIpc) is 3.01. The van der Waals surface area contributed by atoms with Crippen LogP contribution in [0.1, 0.15) is 159 Å². The number of unbranched alkanes of at least 4 members (excludes halogenated alkanes) is 15. The van der Waals surface area contributed by atoms with Gasteiger partial charge in [0.25, 0.3) is 5.91 Å². The number of hydrogen-bond donors (Lipinski definition) is 1. The molecule has 0 radical (unpaired) electrons. The van der Waals surface area contributed by atoms with Crippen molar-refractivity contribution in [2.24, 2.45) is 7.05 Å². The van der Waals surface area contributed by atoms with Gasteiger partial charge in [-0.15, -0.1) is 0 Å². The van der Waals surface area contributed by atoms with Crippen molar-refractivity contribution in [2.75, 3.05) is 6.54 Å². The topological polar surface area (TPSA) is 79.6 Å². The minimum Gasteiger partial charge on any atom is -1.00 e. The number of benzene rings is 1. The molecule has 0 aliphatic rings. The molecule has 1 N–H and O–H groups in total. The zero-order valence-corrected chi connectivity index (χ0v) is 32.3. The van der Waals surface area contributed by atoms with Gasteiger partial charge in [0.2, 0.25) is 11.6 Å². The first-order valence-electron chi connectivity index (χ1n) is 17.9. The molecule has 2 rings (SSSR count). The molecule has 0 aliphatic carbocycles. The van der Waals surface area contributed by atoms with Crippen LogP contribution < -0.4 is 38.6 Å². The number of carbonyl (C=O) groups excluding carboxylic acids is 3. The van der Waals surface area contributed by atoms with Crippen molar-refractivity contribution in [2.45, 2.75) is 149 Å². The molecule has 0 bridgehead atoms. The third kappa shape index (κ3) is 16.9. The number of hydrogen-bond acceptors (Lipinski definition) is 4. The van der Waals surface area contributed by atoms with Gasteiger partial charge in [-0.05, 0) is 30.0 Å². The van der Waals surface area contributed by atoms with Gasteiger partial charge in [-0.2, -0.15) is 0 Å². The number of amides is 3. The highest BCUT2D eigenvalue weighted by Gasteiger charge is 2.27. The number of imide groups is 1. The number of ether oxygens (including phenoxy) is 1. The van der Waals surface area contributed by atoms with Crippen molar-refractivity contribution in [3.63, 3.8) is 0 Å². The number of nitrogens with one attached hydrogen (secondary N) is 1. The number of aromatic nitrogens is 1. The van der Waals surface area contributed by atoms with E-state index in [0.29, 0.717) is 17.9 Å². The lowest BCUT2D eigenvalue weighted by molar-refractivity contribution is -0.679. The molecular formula is C39H62IN3O4. The molecule has 8 heteroatoms. The van der Waals surface area contributed by atoms with Gasteiger partial charge in [-0.25, -0.2) is 9.36 Å². The van der Waals surface area contributed by atoms with Crippen molar-refractivity contribution in [3.8, 4) is 5.75 Å². The average molecular weight is 764 g/mol. The summed E-state index contributed by atoms with van der Waals surface area (Å²) in [5.74, 6) is -0.307. The SMILES string of the molecule is CCCCCCCCCCCCCCCCCCNC(=O)Oc1ccc(C(=O)N(Cc2cccc[n+]2C)C(C)=O)cc1C(C)(C)C.[I-]. The lowest BCUT2D eigenvalue weighted by Crippen LogP contribution is -3.00. The Bertz CT molecular complexity index is 1210. The Kier molecular flexibility index (Phi) is 21.5. The Morgan fingerprint density at radius 1 is 0.787 bits per heavy atom. The van der Waals surface area contributed by atoms with Crippen LogP contribution in [0.15, 0.2) is 42.6 Å². The van der Waals surface area contributed by atoms with E-state index in [2.05, 4.69) is 12.2 Å². The van der Waals surface area contributed by atoms with Gasteiger partial charge < -0.3 is 34.0 Å². The van der Waals surface area contributed by atoms with Crippen LogP contribution in [-0.4, -0.2) is 29.4 Å². The summed E-state index contributed by atoms with van der Waals surface area (Å²) in [7, 11) is 1.88. The Hall–Kier alpha value is -2.49. The molecule has 0 saturated heterocycles. The lowest BCUT2D eigenvalue weighted by Gasteiger charge is -2.24. The van der Waals surface area contributed by atoms with Crippen LogP contribution in [-0.2, 0) is 23.8 Å². The van der Waals surface area contributed by atoms with Crippen LogP contribution in [0, 0.1) is 0 Å². The van der Waals surface area contributed by atoms with Gasteiger partial charge in [-0.3, -0.25) is 14.5 Å². The second kappa shape index (κ2) is 23.8. The van der Waals surface area contributed by atoms with Crippen LogP contribution in [0.5, 0.6) is 5.75 Å². The summed E-state index contributed by atoms with van der Waals surface area (Å²) in [5.41, 5.74) is 1.54. The first-order valence-corrected chi connectivity index (χ1v) is 17.9. The maximum absolute atomic E-state index is 13.5. The molecule has 264 valence electrons. The normalized spacial score (nSPS) is 11.1. The number of carbonyl (C=O) groups is 3. The monoisotopic (exact) mass is 763 g/mol. The molecule has 3 amide bonds. The Labute approximate surface area is 302 Å². The van der Waals surface area contributed by atoms with E-state index in [1.165, 1.54) is 102 Å². The van der Waals surface area contributed by atoms with Crippen LogP contribution in [0.3, 0.4) is 0 Å². The number of rotatable bonds is 21. The van der Waals surface area contributed by atoms with Crippen molar-refractivity contribution in [1.29, 1.82) is 0 Å². The smallest absolute Gasteiger partial charge is 0.412 e. The molecule has 1 aromatic heterocycles. The molecule has 0 fully saturated rings. The predicted octanol–water partition coefficient (Wildman–Crippen LogP) is 6.35. The third-order valence-corrected chi connectivity index (χ3v) is 8.64. The Balaban J connectivity index is 0.0000110. The fourth-order valence-corrected chi connectivity index (χ4v) is 5.70. The molecule has 1 aromatic carbocycles.